The Balaban J connectivity index is 4.48. The summed E-state index contributed by atoms with van der Waals surface area (Å²) in [6, 6.07) is 0. The molecule has 0 aromatic rings. The molecular formula is C57H94O6. The zero-order valence-corrected chi connectivity index (χ0v) is 40.8. The molecule has 0 aromatic carbocycles. The molecule has 0 aromatic heterocycles. The molecule has 0 saturated heterocycles. The number of unbranched alkanes of at least 4 members (excludes halogenated alkanes) is 19. The van der Waals surface area contributed by atoms with Gasteiger partial charge in [-0.3, -0.25) is 14.4 Å². The van der Waals surface area contributed by atoms with Gasteiger partial charge in [0, 0.05) is 19.3 Å². The zero-order chi connectivity index (χ0) is 45.8. The fraction of sp³-hybridized carbons (Fsp3) is 0.667. The molecule has 0 fully saturated rings. The van der Waals surface area contributed by atoms with E-state index < -0.39 is 6.10 Å². The summed E-state index contributed by atoms with van der Waals surface area (Å²) < 4.78 is 16.8. The minimum absolute atomic E-state index is 0.0981. The Bertz CT molecular complexity index is 1280. The highest BCUT2D eigenvalue weighted by atomic mass is 16.6. The summed E-state index contributed by atoms with van der Waals surface area (Å²) in [5.74, 6) is -0.953. The van der Waals surface area contributed by atoms with E-state index in [1.807, 2.05) is 0 Å². The lowest BCUT2D eigenvalue weighted by Crippen LogP contribution is -2.30. The van der Waals surface area contributed by atoms with Crippen molar-refractivity contribution >= 4 is 17.9 Å². The van der Waals surface area contributed by atoms with E-state index in [9.17, 15) is 14.4 Å². The summed E-state index contributed by atoms with van der Waals surface area (Å²) in [7, 11) is 0. The quantitative estimate of drug-likeness (QED) is 0.0199. The van der Waals surface area contributed by atoms with Crippen LogP contribution in [0.4, 0.5) is 0 Å². The largest absolute Gasteiger partial charge is 0.462 e. The summed E-state index contributed by atoms with van der Waals surface area (Å²) in [4.78, 5) is 38.0. The van der Waals surface area contributed by atoms with Crippen molar-refractivity contribution < 1.29 is 28.6 Å². The van der Waals surface area contributed by atoms with E-state index in [4.69, 9.17) is 14.2 Å². The van der Waals surface area contributed by atoms with E-state index in [2.05, 4.69) is 118 Å². The van der Waals surface area contributed by atoms with Crippen molar-refractivity contribution in [1.29, 1.82) is 0 Å². The molecule has 0 aliphatic carbocycles. The van der Waals surface area contributed by atoms with Gasteiger partial charge in [0.1, 0.15) is 13.2 Å². The van der Waals surface area contributed by atoms with Gasteiger partial charge in [-0.25, -0.2) is 0 Å². The number of carbonyl (C=O) groups excluding carboxylic acids is 3. The molecule has 0 radical (unpaired) electrons. The van der Waals surface area contributed by atoms with Crippen molar-refractivity contribution in [2.45, 2.75) is 232 Å². The number of hydrogen-bond acceptors (Lipinski definition) is 6. The van der Waals surface area contributed by atoms with Crippen molar-refractivity contribution in [2.75, 3.05) is 13.2 Å². The second kappa shape index (κ2) is 51.0. The maximum absolute atomic E-state index is 12.8. The van der Waals surface area contributed by atoms with Gasteiger partial charge in [-0.2, -0.15) is 0 Å². The molecule has 1 unspecified atom stereocenters. The van der Waals surface area contributed by atoms with Gasteiger partial charge in [-0.15, -0.1) is 0 Å². The summed E-state index contributed by atoms with van der Waals surface area (Å²) in [5.41, 5.74) is 0. The lowest BCUT2D eigenvalue weighted by molar-refractivity contribution is -0.167. The van der Waals surface area contributed by atoms with Crippen LogP contribution in [0.15, 0.2) is 97.2 Å². The molecule has 6 heteroatoms. The summed E-state index contributed by atoms with van der Waals surface area (Å²) in [5, 5.41) is 0. The van der Waals surface area contributed by atoms with Gasteiger partial charge in [-0.1, -0.05) is 195 Å². The predicted octanol–water partition coefficient (Wildman–Crippen LogP) is 17.0. The molecule has 0 heterocycles. The molecule has 0 rings (SSSR count). The van der Waals surface area contributed by atoms with Crippen LogP contribution in [0.3, 0.4) is 0 Å². The second-order valence-electron chi connectivity index (χ2n) is 16.7. The molecule has 0 saturated carbocycles. The number of allylic oxidation sites excluding steroid dienone is 16. The standard InChI is InChI=1S/C57H94O6/c1-4-7-10-13-16-19-22-25-28-30-32-35-38-41-44-47-50-56(59)62-53-54(52-61-55(58)49-46-43-40-37-34-31-27-24-21-18-15-12-9-6-3)63-57(60)51-48-45-42-39-36-33-29-26-23-20-17-14-11-8-5-2/h7,9-10,12,16-21,23,25-26,28,32,35,54H,4-6,8,11,13-15,22,24,27,29-31,33-34,36-53H2,1-3H3/b10-7-,12-9-,19-16-,20-17-,21-18-,26-23-,28-25-,35-32-. The Hall–Kier alpha value is -3.67. The highest BCUT2D eigenvalue weighted by Gasteiger charge is 2.19. The summed E-state index contributed by atoms with van der Waals surface area (Å²) in [6.07, 6.45) is 66.7. The van der Waals surface area contributed by atoms with Gasteiger partial charge >= 0.3 is 17.9 Å². The molecule has 63 heavy (non-hydrogen) atoms. The first-order chi connectivity index (χ1) is 31.0. The minimum Gasteiger partial charge on any atom is -0.462 e. The molecule has 1 atom stereocenters. The minimum atomic E-state index is -0.801. The molecule has 0 spiro atoms. The third-order valence-electron chi connectivity index (χ3n) is 10.6. The topological polar surface area (TPSA) is 78.9 Å². The van der Waals surface area contributed by atoms with Crippen LogP contribution in [0.1, 0.15) is 226 Å². The SMILES string of the molecule is CC/C=C\C/C=C\C/C=C\C/C=C\CCCCCC(=O)OCC(COC(=O)CCCCCCCCC/C=C\C/C=C\CC)OC(=O)CCCCCCCC/C=C\C=C/CCCCC. The van der Waals surface area contributed by atoms with Gasteiger partial charge < -0.3 is 14.2 Å². The molecule has 0 amide bonds. The van der Waals surface area contributed by atoms with Crippen LogP contribution in [-0.2, 0) is 28.6 Å². The van der Waals surface area contributed by atoms with Crippen LogP contribution in [0.2, 0.25) is 0 Å². The summed E-state index contributed by atoms with van der Waals surface area (Å²) in [6.45, 7) is 6.34. The lowest BCUT2D eigenvalue weighted by Gasteiger charge is -2.18. The van der Waals surface area contributed by atoms with E-state index >= 15 is 0 Å². The normalized spacial score (nSPS) is 12.9. The van der Waals surface area contributed by atoms with Crippen LogP contribution >= 0.6 is 0 Å². The Morgan fingerprint density at radius 2 is 0.667 bits per heavy atom. The van der Waals surface area contributed by atoms with Gasteiger partial charge in [-0.05, 0) is 109 Å². The highest BCUT2D eigenvalue weighted by Crippen LogP contribution is 2.13. The fourth-order valence-electron chi connectivity index (χ4n) is 6.75. The van der Waals surface area contributed by atoms with Crippen LogP contribution in [0.5, 0.6) is 0 Å². The Kier molecular flexibility index (Phi) is 48.0. The van der Waals surface area contributed by atoms with Gasteiger partial charge in [0.15, 0.2) is 6.10 Å². The van der Waals surface area contributed by atoms with Crippen LogP contribution in [0, 0.1) is 0 Å². The number of hydrogen-bond donors (Lipinski definition) is 0. The van der Waals surface area contributed by atoms with Gasteiger partial charge in [0.2, 0.25) is 0 Å². The van der Waals surface area contributed by atoms with Gasteiger partial charge in [0.25, 0.3) is 0 Å². The second-order valence-corrected chi connectivity index (χ2v) is 16.7. The fourth-order valence-corrected chi connectivity index (χ4v) is 6.75. The first-order valence-corrected chi connectivity index (χ1v) is 25.8. The maximum Gasteiger partial charge on any atom is 0.306 e. The lowest BCUT2D eigenvalue weighted by atomic mass is 10.1. The molecule has 0 N–H and O–H groups in total. The van der Waals surface area contributed by atoms with Crippen molar-refractivity contribution in [3.8, 4) is 0 Å². The van der Waals surface area contributed by atoms with Crippen LogP contribution in [-0.4, -0.2) is 37.2 Å². The van der Waals surface area contributed by atoms with Crippen molar-refractivity contribution in [1.82, 2.24) is 0 Å². The number of carbonyl (C=O) groups is 3. The third-order valence-corrected chi connectivity index (χ3v) is 10.6. The summed E-state index contributed by atoms with van der Waals surface area (Å²) >= 11 is 0. The van der Waals surface area contributed by atoms with E-state index in [1.165, 1.54) is 64.2 Å². The molecule has 0 aliphatic heterocycles. The maximum atomic E-state index is 12.8. The Morgan fingerprint density at radius 1 is 0.349 bits per heavy atom. The first kappa shape index (κ1) is 59.3. The van der Waals surface area contributed by atoms with Crippen molar-refractivity contribution in [3.05, 3.63) is 97.2 Å². The monoisotopic (exact) mass is 875 g/mol. The van der Waals surface area contributed by atoms with Gasteiger partial charge in [0.05, 0.1) is 0 Å². The Labute approximate surface area is 387 Å². The molecule has 0 bridgehead atoms. The Morgan fingerprint density at radius 3 is 1.08 bits per heavy atom. The van der Waals surface area contributed by atoms with Crippen LogP contribution < -0.4 is 0 Å². The molecule has 6 nitrogen and oxygen atoms in total. The molecular weight excluding hydrogens is 781 g/mol. The smallest absolute Gasteiger partial charge is 0.306 e. The predicted molar refractivity (Wildman–Crippen MR) is 270 cm³/mol. The van der Waals surface area contributed by atoms with E-state index in [1.54, 1.807) is 0 Å². The number of ether oxygens (including phenoxy) is 3. The van der Waals surface area contributed by atoms with Crippen LogP contribution in [0.25, 0.3) is 0 Å². The first-order valence-electron chi connectivity index (χ1n) is 25.8. The average Bonchev–Trinajstić information content (AvgIpc) is 3.28. The third kappa shape index (κ3) is 49.2. The van der Waals surface area contributed by atoms with Crippen molar-refractivity contribution in [2.24, 2.45) is 0 Å². The highest BCUT2D eigenvalue weighted by molar-refractivity contribution is 5.71. The number of rotatable bonds is 45. The molecule has 0 aliphatic rings. The van der Waals surface area contributed by atoms with E-state index in [0.29, 0.717) is 19.3 Å². The molecule has 358 valence electrons. The number of esters is 3. The van der Waals surface area contributed by atoms with Crippen molar-refractivity contribution in [3.63, 3.8) is 0 Å². The zero-order valence-electron chi connectivity index (χ0n) is 40.8. The van der Waals surface area contributed by atoms with E-state index in [-0.39, 0.29) is 31.1 Å². The van der Waals surface area contributed by atoms with E-state index in [0.717, 1.165) is 122 Å². The average molecular weight is 875 g/mol.